The van der Waals surface area contributed by atoms with Crippen LogP contribution in [0, 0.1) is 0 Å². The van der Waals surface area contributed by atoms with Gasteiger partial charge in [0.15, 0.2) is 0 Å². The highest BCUT2D eigenvalue weighted by Crippen LogP contribution is 2.44. The molecule has 194 valence electrons. The molecular formula is C28H36N2O6. The fourth-order valence-corrected chi connectivity index (χ4v) is 4.41. The van der Waals surface area contributed by atoms with E-state index in [1.54, 1.807) is 20.8 Å². The van der Waals surface area contributed by atoms with Crippen LogP contribution in [0.5, 0.6) is 0 Å². The van der Waals surface area contributed by atoms with Crippen LogP contribution in [0.15, 0.2) is 48.5 Å². The second-order valence-electron chi connectivity index (χ2n) is 10.0. The maximum atomic E-state index is 12.6. The minimum absolute atomic E-state index is 0.0421. The predicted octanol–water partition coefficient (Wildman–Crippen LogP) is 5.45. The largest absolute Gasteiger partial charge is 0.481 e. The second kappa shape index (κ2) is 12.4. The number of nitrogens with one attached hydrogen (secondary N) is 2. The van der Waals surface area contributed by atoms with Gasteiger partial charge in [-0.2, -0.15) is 0 Å². The lowest BCUT2D eigenvalue weighted by atomic mass is 9.98. The number of unbranched alkanes of at least 4 members (excludes halogenated alkanes) is 1. The Morgan fingerprint density at radius 1 is 0.917 bits per heavy atom. The summed E-state index contributed by atoms with van der Waals surface area (Å²) in [5.74, 6) is -0.958. The van der Waals surface area contributed by atoms with E-state index in [0.29, 0.717) is 32.2 Å². The minimum atomic E-state index is -0.916. The molecule has 1 atom stereocenters. The Kier molecular flexibility index (Phi) is 9.33. The lowest BCUT2D eigenvalue weighted by Gasteiger charge is -2.20. The molecule has 0 aliphatic heterocycles. The number of aliphatic carboxylic acids is 1. The van der Waals surface area contributed by atoms with Gasteiger partial charge >= 0.3 is 18.2 Å². The van der Waals surface area contributed by atoms with Gasteiger partial charge in [-0.1, -0.05) is 48.5 Å². The number of carbonyl (C=O) groups is 3. The summed E-state index contributed by atoms with van der Waals surface area (Å²) in [6, 6.07) is 15.9. The van der Waals surface area contributed by atoms with Gasteiger partial charge in [0.05, 0.1) is 0 Å². The Morgan fingerprint density at radius 2 is 1.53 bits per heavy atom. The number of hydrogen-bond acceptors (Lipinski definition) is 5. The molecule has 8 heteroatoms. The Labute approximate surface area is 212 Å². The summed E-state index contributed by atoms with van der Waals surface area (Å²) in [4.78, 5) is 35.5. The first-order valence-corrected chi connectivity index (χ1v) is 12.4. The summed E-state index contributed by atoms with van der Waals surface area (Å²) in [7, 11) is 0. The van der Waals surface area contributed by atoms with Gasteiger partial charge in [0.2, 0.25) is 0 Å². The van der Waals surface area contributed by atoms with Crippen LogP contribution in [0.3, 0.4) is 0 Å². The zero-order chi connectivity index (χ0) is 26.1. The van der Waals surface area contributed by atoms with Crippen LogP contribution in [0.2, 0.25) is 0 Å². The number of carboxylic acid groups (broad SMARTS) is 1. The molecule has 0 spiro atoms. The third kappa shape index (κ3) is 8.00. The van der Waals surface area contributed by atoms with Gasteiger partial charge in [-0.25, -0.2) is 9.59 Å². The molecule has 0 heterocycles. The molecule has 0 radical (unpaired) electrons. The van der Waals surface area contributed by atoms with Gasteiger partial charge in [0.25, 0.3) is 0 Å². The number of amides is 2. The first-order chi connectivity index (χ1) is 17.1. The Morgan fingerprint density at radius 3 is 2.11 bits per heavy atom. The third-order valence-electron chi connectivity index (χ3n) is 6.02. The average molecular weight is 497 g/mol. The molecule has 0 saturated carbocycles. The molecule has 2 aromatic carbocycles. The zero-order valence-corrected chi connectivity index (χ0v) is 21.2. The van der Waals surface area contributed by atoms with E-state index in [1.807, 2.05) is 24.3 Å². The van der Waals surface area contributed by atoms with Crippen LogP contribution >= 0.6 is 0 Å². The van der Waals surface area contributed by atoms with Gasteiger partial charge in [-0.15, -0.1) is 0 Å². The third-order valence-corrected chi connectivity index (χ3v) is 6.02. The first kappa shape index (κ1) is 27.0. The van der Waals surface area contributed by atoms with E-state index in [1.165, 1.54) is 0 Å². The maximum Gasteiger partial charge on any atom is 0.407 e. The SMILES string of the molecule is CC(C)(C)OC(=O)NCCCCC(CCC(=O)O)NC(=O)OCC1c2ccccc2-c2ccccc21. The summed E-state index contributed by atoms with van der Waals surface area (Å²) in [6.45, 7) is 6.04. The van der Waals surface area contributed by atoms with Crippen molar-refractivity contribution in [2.24, 2.45) is 0 Å². The van der Waals surface area contributed by atoms with E-state index in [0.717, 1.165) is 22.3 Å². The standard InChI is InChI=1S/C28H36N2O6/c1-28(2,3)36-26(33)29-17-9-8-10-19(15-16-25(31)32)30-27(34)35-18-24-22-13-6-4-11-20(22)21-12-5-7-14-23(21)24/h4-7,11-14,19,24H,8-10,15-18H2,1-3H3,(H,29,33)(H,30,34)(H,31,32). The fourth-order valence-electron chi connectivity index (χ4n) is 4.41. The van der Waals surface area contributed by atoms with Crippen molar-refractivity contribution in [2.75, 3.05) is 13.2 Å². The van der Waals surface area contributed by atoms with Crippen LogP contribution < -0.4 is 10.6 Å². The van der Waals surface area contributed by atoms with Gasteiger partial charge in [-0.05, 0) is 68.7 Å². The molecule has 0 fully saturated rings. The number of hydrogen-bond donors (Lipinski definition) is 3. The summed E-state index contributed by atoms with van der Waals surface area (Å²) in [5.41, 5.74) is 4.01. The summed E-state index contributed by atoms with van der Waals surface area (Å²) < 4.78 is 10.8. The fraction of sp³-hybridized carbons (Fsp3) is 0.464. The van der Waals surface area contributed by atoms with Crippen molar-refractivity contribution < 1.29 is 29.0 Å². The summed E-state index contributed by atoms with van der Waals surface area (Å²) in [6.07, 6.45) is 1.18. The molecule has 3 N–H and O–H groups in total. The molecule has 1 unspecified atom stereocenters. The van der Waals surface area contributed by atoms with Gasteiger partial charge < -0.3 is 25.2 Å². The number of ether oxygens (including phenoxy) is 2. The van der Waals surface area contributed by atoms with E-state index >= 15 is 0 Å². The van der Waals surface area contributed by atoms with E-state index < -0.39 is 23.8 Å². The van der Waals surface area contributed by atoms with E-state index in [-0.39, 0.29) is 25.0 Å². The van der Waals surface area contributed by atoms with Gasteiger partial charge in [0.1, 0.15) is 12.2 Å². The van der Waals surface area contributed by atoms with Crippen molar-refractivity contribution in [2.45, 2.75) is 70.4 Å². The molecule has 0 bridgehead atoms. The van der Waals surface area contributed by atoms with Crippen LogP contribution in [-0.4, -0.2) is 48.1 Å². The maximum absolute atomic E-state index is 12.6. The molecule has 3 rings (SSSR count). The normalized spacial score (nSPS) is 13.3. The minimum Gasteiger partial charge on any atom is -0.481 e. The van der Waals surface area contributed by atoms with Crippen molar-refractivity contribution in [1.29, 1.82) is 0 Å². The van der Waals surface area contributed by atoms with Crippen molar-refractivity contribution >= 4 is 18.2 Å². The van der Waals surface area contributed by atoms with E-state index in [4.69, 9.17) is 14.6 Å². The van der Waals surface area contributed by atoms with Gasteiger partial charge in [0, 0.05) is 24.9 Å². The zero-order valence-electron chi connectivity index (χ0n) is 21.2. The van der Waals surface area contributed by atoms with Crippen LogP contribution in [-0.2, 0) is 14.3 Å². The number of benzene rings is 2. The highest BCUT2D eigenvalue weighted by molar-refractivity contribution is 5.79. The molecule has 2 aromatic rings. The molecule has 0 aromatic heterocycles. The lowest BCUT2D eigenvalue weighted by molar-refractivity contribution is -0.137. The molecule has 36 heavy (non-hydrogen) atoms. The van der Waals surface area contributed by atoms with Crippen molar-refractivity contribution in [3.8, 4) is 11.1 Å². The Hall–Kier alpha value is -3.55. The molecule has 1 aliphatic carbocycles. The number of rotatable bonds is 11. The molecule has 1 aliphatic rings. The van der Waals surface area contributed by atoms with Crippen LogP contribution in [0.25, 0.3) is 11.1 Å². The highest BCUT2D eigenvalue weighted by Gasteiger charge is 2.29. The highest BCUT2D eigenvalue weighted by atomic mass is 16.6. The molecule has 0 saturated heterocycles. The molecule has 8 nitrogen and oxygen atoms in total. The van der Waals surface area contributed by atoms with Crippen LogP contribution in [0.1, 0.15) is 69.9 Å². The van der Waals surface area contributed by atoms with Crippen molar-refractivity contribution in [1.82, 2.24) is 10.6 Å². The topological polar surface area (TPSA) is 114 Å². The Bertz CT molecular complexity index is 1020. The van der Waals surface area contributed by atoms with Crippen molar-refractivity contribution in [3.05, 3.63) is 59.7 Å². The second-order valence-corrected chi connectivity index (χ2v) is 10.0. The predicted molar refractivity (Wildman–Crippen MR) is 137 cm³/mol. The number of carboxylic acids is 1. The monoisotopic (exact) mass is 496 g/mol. The lowest BCUT2D eigenvalue weighted by Crippen LogP contribution is -2.36. The average Bonchev–Trinajstić information content (AvgIpc) is 3.13. The van der Waals surface area contributed by atoms with Gasteiger partial charge in [-0.3, -0.25) is 4.79 Å². The number of carbonyl (C=O) groups excluding carboxylic acids is 2. The first-order valence-electron chi connectivity index (χ1n) is 12.4. The number of alkyl carbamates (subject to hydrolysis) is 2. The van der Waals surface area contributed by atoms with Crippen molar-refractivity contribution in [3.63, 3.8) is 0 Å². The van der Waals surface area contributed by atoms with Crippen LogP contribution in [0.4, 0.5) is 9.59 Å². The van der Waals surface area contributed by atoms with E-state index in [2.05, 4.69) is 34.9 Å². The Balaban J connectivity index is 1.49. The van der Waals surface area contributed by atoms with E-state index in [9.17, 15) is 14.4 Å². The smallest absolute Gasteiger partial charge is 0.407 e. The number of fused-ring (bicyclic) bond motifs is 3. The quantitative estimate of drug-likeness (QED) is 0.356. The summed E-state index contributed by atoms with van der Waals surface area (Å²) >= 11 is 0. The molecule has 2 amide bonds. The summed E-state index contributed by atoms with van der Waals surface area (Å²) in [5, 5.41) is 14.6. The molecular weight excluding hydrogens is 460 g/mol.